The number of likely N-dealkylation sites (tertiary alicyclic amines) is 1. The highest BCUT2D eigenvalue weighted by atomic mass is 16.1. The average molecular weight is 405 g/mol. The molecule has 2 aliphatic rings. The van der Waals surface area contributed by atoms with Crippen LogP contribution in [0.4, 0.5) is 5.82 Å². The number of amides is 1. The predicted octanol–water partition coefficient (Wildman–Crippen LogP) is 3.50. The minimum absolute atomic E-state index is 0.145. The van der Waals surface area contributed by atoms with Crippen molar-refractivity contribution < 1.29 is 4.79 Å². The van der Waals surface area contributed by atoms with Crippen LogP contribution in [0.15, 0.2) is 36.8 Å². The van der Waals surface area contributed by atoms with Crippen LogP contribution in [0.3, 0.4) is 0 Å². The third-order valence-electron chi connectivity index (χ3n) is 6.15. The summed E-state index contributed by atoms with van der Waals surface area (Å²) in [6.45, 7) is 4.42. The molecule has 0 spiro atoms. The molecule has 0 aromatic carbocycles. The Kier molecular flexibility index (Phi) is 5.36. The summed E-state index contributed by atoms with van der Waals surface area (Å²) >= 11 is 0. The van der Waals surface area contributed by atoms with E-state index in [1.807, 2.05) is 23.0 Å². The molecule has 0 saturated carbocycles. The third kappa shape index (κ3) is 3.89. The van der Waals surface area contributed by atoms with Crippen molar-refractivity contribution in [3.8, 4) is 11.3 Å². The van der Waals surface area contributed by atoms with Crippen molar-refractivity contribution in [1.29, 1.82) is 0 Å². The van der Waals surface area contributed by atoms with Gasteiger partial charge in [0.15, 0.2) is 5.82 Å². The van der Waals surface area contributed by atoms with Gasteiger partial charge in [0.25, 0.3) is 5.91 Å². The summed E-state index contributed by atoms with van der Waals surface area (Å²) in [4.78, 5) is 23.5. The standard InChI is InChI=1S/C23H28N6O/c30-23(26-20-9-15-29(27-20)14-5-13-28-11-1-2-12-28)18-16-25-19-8-3-6-17-7-4-10-24-22(17)21(18)19/h4,7,9-10,15-16,25H,1-3,5-6,8,11-14H2,(H,26,27,30). The number of aryl methyl sites for hydroxylation is 3. The van der Waals surface area contributed by atoms with Gasteiger partial charge >= 0.3 is 0 Å². The van der Waals surface area contributed by atoms with Gasteiger partial charge in [-0.25, -0.2) is 0 Å². The molecule has 0 unspecified atom stereocenters. The van der Waals surface area contributed by atoms with Crippen molar-refractivity contribution >= 4 is 11.7 Å². The highest BCUT2D eigenvalue weighted by molar-refractivity contribution is 6.08. The molecule has 1 saturated heterocycles. The van der Waals surface area contributed by atoms with Crippen LogP contribution >= 0.6 is 0 Å². The van der Waals surface area contributed by atoms with Gasteiger partial charge in [0, 0.05) is 42.5 Å². The first-order chi connectivity index (χ1) is 14.8. The van der Waals surface area contributed by atoms with Crippen molar-refractivity contribution in [2.24, 2.45) is 0 Å². The van der Waals surface area contributed by atoms with Gasteiger partial charge in [-0.15, -0.1) is 0 Å². The minimum atomic E-state index is -0.145. The number of rotatable bonds is 6. The van der Waals surface area contributed by atoms with Crippen LogP contribution in [0.5, 0.6) is 0 Å². The lowest BCUT2D eigenvalue weighted by Gasteiger charge is -2.13. The Balaban J connectivity index is 1.27. The fourth-order valence-corrected chi connectivity index (χ4v) is 4.63. The number of pyridine rings is 1. The summed E-state index contributed by atoms with van der Waals surface area (Å²) in [6.07, 6.45) is 12.2. The average Bonchev–Trinajstić information content (AvgIpc) is 3.49. The zero-order valence-corrected chi connectivity index (χ0v) is 17.2. The van der Waals surface area contributed by atoms with Gasteiger partial charge < -0.3 is 15.2 Å². The Morgan fingerprint density at radius 2 is 2.03 bits per heavy atom. The van der Waals surface area contributed by atoms with Crippen LogP contribution in [-0.2, 0) is 19.4 Å². The Labute approximate surface area is 176 Å². The van der Waals surface area contributed by atoms with Crippen LogP contribution in [0, 0.1) is 0 Å². The lowest BCUT2D eigenvalue weighted by molar-refractivity contribution is 0.102. The topological polar surface area (TPSA) is 78.8 Å². The summed E-state index contributed by atoms with van der Waals surface area (Å²) in [5, 5.41) is 7.51. The van der Waals surface area contributed by atoms with Gasteiger partial charge in [-0.1, -0.05) is 6.07 Å². The number of fused-ring (bicyclic) bond motifs is 3. The van der Waals surface area contributed by atoms with Gasteiger partial charge in [-0.05, 0) is 69.8 Å². The highest BCUT2D eigenvalue weighted by Crippen LogP contribution is 2.33. The lowest BCUT2D eigenvalue weighted by atomic mass is 10.0. The summed E-state index contributed by atoms with van der Waals surface area (Å²) in [5.74, 6) is 0.444. The molecule has 0 atom stereocenters. The fourth-order valence-electron chi connectivity index (χ4n) is 4.63. The molecule has 1 aliphatic carbocycles. The van der Waals surface area contributed by atoms with Gasteiger partial charge in [0.2, 0.25) is 0 Å². The maximum Gasteiger partial charge on any atom is 0.259 e. The molecule has 3 aromatic rings. The van der Waals surface area contributed by atoms with Crippen molar-refractivity contribution in [3.63, 3.8) is 0 Å². The van der Waals surface area contributed by atoms with Gasteiger partial charge in [0.05, 0.1) is 11.3 Å². The van der Waals surface area contributed by atoms with Crippen LogP contribution in [0.25, 0.3) is 11.3 Å². The molecule has 1 amide bonds. The number of carbonyl (C=O) groups excluding carboxylic acids is 1. The SMILES string of the molecule is O=C(Nc1ccn(CCCN2CCCC2)n1)c1c[nH]c2c1-c1ncccc1CCC2. The van der Waals surface area contributed by atoms with Crippen LogP contribution in [-0.4, -0.2) is 50.2 Å². The molecule has 4 heterocycles. The second-order valence-corrected chi connectivity index (χ2v) is 8.24. The lowest BCUT2D eigenvalue weighted by Crippen LogP contribution is -2.21. The fraction of sp³-hybridized carbons (Fsp3) is 0.435. The Hall–Kier alpha value is -2.93. The number of aromatic amines is 1. The second kappa shape index (κ2) is 8.44. The van der Waals surface area contributed by atoms with Gasteiger partial charge in [-0.2, -0.15) is 5.10 Å². The molecule has 5 rings (SSSR count). The van der Waals surface area contributed by atoms with Crippen LogP contribution in [0.2, 0.25) is 0 Å². The summed E-state index contributed by atoms with van der Waals surface area (Å²) in [7, 11) is 0. The molecule has 156 valence electrons. The monoisotopic (exact) mass is 404 g/mol. The molecule has 30 heavy (non-hydrogen) atoms. The molecule has 7 nitrogen and oxygen atoms in total. The number of hydrogen-bond donors (Lipinski definition) is 2. The number of carbonyl (C=O) groups is 1. The summed E-state index contributed by atoms with van der Waals surface area (Å²) in [6, 6.07) is 5.94. The number of nitrogens with zero attached hydrogens (tertiary/aromatic N) is 4. The number of H-pyrrole nitrogens is 1. The predicted molar refractivity (Wildman–Crippen MR) is 117 cm³/mol. The first kappa shape index (κ1) is 19.1. The van der Waals surface area contributed by atoms with Crippen LogP contribution in [0.1, 0.15) is 47.3 Å². The zero-order valence-electron chi connectivity index (χ0n) is 17.2. The molecule has 1 aliphatic heterocycles. The molecule has 0 bridgehead atoms. The third-order valence-corrected chi connectivity index (χ3v) is 6.15. The first-order valence-electron chi connectivity index (χ1n) is 11.0. The molecular formula is C23H28N6O. The van der Waals surface area contributed by atoms with E-state index in [1.165, 1.54) is 31.5 Å². The second-order valence-electron chi connectivity index (χ2n) is 8.24. The Morgan fingerprint density at radius 3 is 2.93 bits per heavy atom. The molecule has 0 radical (unpaired) electrons. The van der Waals surface area contributed by atoms with E-state index in [4.69, 9.17) is 0 Å². The summed E-state index contributed by atoms with van der Waals surface area (Å²) in [5.41, 5.74) is 4.78. The van der Waals surface area contributed by atoms with E-state index in [9.17, 15) is 4.79 Å². The molecule has 3 aromatic heterocycles. The Bertz CT molecular complexity index is 1030. The number of anilines is 1. The van der Waals surface area contributed by atoms with E-state index < -0.39 is 0 Å². The molecule has 2 N–H and O–H groups in total. The highest BCUT2D eigenvalue weighted by Gasteiger charge is 2.24. The molecule has 1 fully saturated rings. The number of aromatic nitrogens is 4. The molecular weight excluding hydrogens is 376 g/mol. The smallest absolute Gasteiger partial charge is 0.259 e. The van der Waals surface area contributed by atoms with Crippen molar-refractivity contribution in [3.05, 3.63) is 53.6 Å². The zero-order chi connectivity index (χ0) is 20.3. The van der Waals surface area contributed by atoms with E-state index >= 15 is 0 Å². The summed E-state index contributed by atoms with van der Waals surface area (Å²) < 4.78 is 1.92. The van der Waals surface area contributed by atoms with Crippen molar-refractivity contribution in [2.75, 3.05) is 25.0 Å². The largest absolute Gasteiger partial charge is 0.364 e. The van der Waals surface area contributed by atoms with E-state index in [1.54, 1.807) is 12.4 Å². The normalized spacial score (nSPS) is 16.1. The van der Waals surface area contributed by atoms with E-state index in [0.717, 1.165) is 55.7 Å². The van der Waals surface area contributed by atoms with E-state index in [-0.39, 0.29) is 5.91 Å². The number of nitrogens with one attached hydrogen (secondary N) is 2. The van der Waals surface area contributed by atoms with Gasteiger partial charge in [0.1, 0.15) is 0 Å². The van der Waals surface area contributed by atoms with E-state index in [0.29, 0.717) is 11.4 Å². The van der Waals surface area contributed by atoms with Crippen molar-refractivity contribution in [2.45, 2.75) is 45.1 Å². The van der Waals surface area contributed by atoms with Crippen molar-refractivity contribution in [1.82, 2.24) is 24.6 Å². The van der Waals surface area contributed by atoms with Gasteiger partial charge in [-0.3, -0.25) is 14.5 Å². The maximum absolute atomic E-state index is 13.1. The minimum Gasteiger partial charge on any atom is -0.364 e. The number of hydrogen-bond acceptors (Lipinski definition) is 4. The molecule has 7 heteroatoms. The first-order valence-corrected chi connectivity index (χ1v) is 11.0. The van der Waals surface area contributed by atoms with E-state index in [2.05, 4.69) is 31.3 Å². The Morgan fingerprint density at radius 1 is 1.13 bits per heavy atom. The quantitative estimate of drug-likeness (QED) is 0.659. The maximum atomic E-state index is 13.1. The van der Waals surface area contributed by atoms with Crippen LogP contribution < -0.4 is 5.32 Å².